The molecule has 1 fully saturated rings. The fourth-order valence-electron chi connectivity index (χ4n) is 2.27. The highest BCUT2D eigenvalue weighted by Crippen LogP contribution is 2.46. The Bertz CT molecular complexity index is 515. The molecule has 0 saturated heterocycles. The van der Waals surface area contributed by atoms with Crippen LogP contribution in [-0.4, -0.2) is 17.3 Å². The average Bonchev–Trinajstić information content (AvgIpc) is 3.15. The van der Waals surface area contributed by atoms with Crippen LogP contribution in [0.5, 0.6) is 0 Å². The van der Waals surface area contributed by atoms with E-state index in [9.17, 15) is 18.0 Å². The molecule has 2 nitrogen and oxygen atoms in total. The largest absolute Gasteiger partial charge is 0.481 e. The van der Waals surface area contributed by atoms with Gasteiger partial charge in [-0.3, -0.25) is 4.79 Å². The lowest BCUT2D eigenvalue weighted by Crippen LogP contribution is -2.12. The van der Waals surface area contributed by atoms with Crippen molar-refractivity contribution < 1.29 is 23.1 Å². The number of rotatable bonds is 5. The van der Waals surface area contributed by atoms with Gasteiger partial charge in [-0.05, 0) is 36.6 Å². The van der Waals surface area contributed by atoms with E-state index < -0.39 is 29.3 Å². The third kappa shape index (κ3) is 2.88. The predicted octanol–water partition coefficient (Wildman–Crippen LogP) is 3.79. The second-order valence-electron chi connectivity index (χ2n) is 4.65. The molecular weight excluding hydrogens is 277 g/mol. The quantitative estimate of drug-likeness (QED) is 0.662. The van der Waals surface area contributed by atoms with Gasteiger partial charge in [0.2, 0.25) is 0 Å². The van der Waals surface area contributed by atoms with Gasteiger partial charge < -0.3 is 5.11 Å². The molecule has 1 N–H and O–H groups in total. The van der Waals surface area contributed by atoms with Crippen LogP contribution in [0.2, 0.25) is 0 Å². The van der Waals surface area contributed by atoms with Gasteiger partial charge >= 0.3 is 5.97 Å². The van der Waals surface area contributed by atoms with Gasteiger partial charge in [-0.1, -0.05) is 0 Å². The van der Waals surface area contributed by atoms with E-state index in [0.717, 1.165) is 30.7 Å². The highest BCUT2D eigenvalue weighted by molar-refractivity contribution is 7.98. The molecule has 0 heterocycles. The van der Waals surface area contributed by atoms with Crippen LogP contribution >= 0.6 is 11.8 Å². The van der Waals surface area contributed by atoms with Crippen LogP contribution < -0.4 is 0 Å². The first-order valence-corrected chi connectivity index (χ1v) is 7.11. The Morgan fingerprint density at radius 2 is 2.05 bits per heavy atom. The molecule has 2 rings (SSSR count). The lowest BCUT2D eigenvalue weighted by Gasteiger charge is -2.17. The van der Waals surface area contributed by atoms with Gasteiger partial charge in [0.15, 0.2) is 11.6 Å². The summed E-state index contributed by atoms with van der Waals surface area (Å²) in [5.74, 6) is -4.92. The number of halogens is 3. The molecule has 0 aliphatic heterocycles. The molecule has 1 unspecified atom stereocenters. The Morgan fingerprint density at radius 3 is 2.53 bits per heavy atom. The van der Waals surface area contributed by atoms with Crippen molar-refractivity contribution in [2.24, 2.45) is 5.92 Å². The Morgan fingerprint density at radius 1 is 1.42 bits per heavy atom. The Kier molecular flexibility index (Phi) is 4.08. The summed E-state index contributed by atoms with van der Waals surface area (Å²) in [7, 11) is 0. The molecular formula is C13H13F3O2S. The summed E-state index contributed by atoms with van der Waals surface area (Å²) in [6.07, 6.45) is 2.69. The molecule has 104 valence electrons. The van der Waals surface area contributed by atoms with E-state index in [1.165, 1.54) is 6.26 Å². The number of hydrogen-bond donors (Lipinski definition) is 1. The van der Waals surface area contributed by atoms with E-state index in [1.54, 1.807) is 0 Å². The second-order valence-corrected chi connectivity index (χ2v) is 5.47. The average molecular weight is 290 g/mol. The van der Waals surface area contributed by atoms with Gasteiger partial charge in [0, 0.05) is 5.92 Å². The summed E-state index contributed by atoms with van der Waals surface area (Å²) in [6, 6.07) is 0.941. The van der Waals surface area contributed by atoms with Crippen LogP contribution in [0.3, 0.4) is 0 Å². The van der Waals surface area contributed by atoms with E-state index in [1.807, 2.05) is 0 Å². The van der Waals surface area contributed by atoms with Gasteiger partial charge in [-0.15, -0.1) is 11.8 Å². The van der Waals surface area contributed by atoms with E-state index >= 15 is 0 Å². The van der Waals surface area contributed by atoms with Crippen molar-refractivity contribution in [3.05, 3.63) is 29.1 Å². The summed E-state index contributed by atoms with van der Waals surface area (Å²) >= 11 is 0.788. The second kappa shape index (κ2) is 5.45. The molecule has 0 radical (unpaired) electrons. The predicted molar refractivity (Wildman–Crippen MR) is 65.8 cm³/mol. The van der Waals surface area contributed by atoms with Gasteiger partial charge in [0.1, 0.15) is 5.82 Å². The first-order chi connectivity index (χ1) is 8.95. The van der Waals surface area contributed by atoms with Gasteiger partial charge in [-0.25, -0.2) is 13.2 Å². The van der Waals surface area contributed by atoms with Gasteiger partial charge in [0.25, 0.3) is 0 Å². The molecule has 1 atom stereocenters. The zero-order valence-corrected chi connectivity index (χ0v) is 11.1. The maximum absolute atomic E-state index is 14.0. The van der Waals surface area contributed by atoms with Crippen LogP contribution in [0.15, 0.2) is 11.0 Å². The number of aliphatic carboxylic acids is 1. The minimum Gasteiger partial charge on any atom is -0.481 e. The first-order valence-electron chi connectivity index (χ1n) is 5.88. The van der Waals surface area contributed by atoms with Crippen molar-refractivity contribution in [2.75, 3.05) is 6.26 Å². The molecule has 1 aromatic carbocycles. The number of thioether (sulfide) groups is 1. The summed E-state index contributed by atoms with van der Waals surface area (Å²) in [4.78, 5) is 10.4. The summed E-state index contributed by atoms with van der Waals surface area (Å²) < 4.78 is 41.4. The molecule has 1 aromatic rings. The summed E-state index contributed by atoms with van der Waals surface area (Å²) in [5.41, 5.74) is -0.155. The SMILES string of the molecule is CSc1c(F)cc(C(CC(=O)O)C2CC2)c(F)c1F. The third-order valence-electron chi connectivity index (χ3n) is 3.33. The topological polar surface area (TPSA) is 37.3 Å². The van der Waals surface area contributed by atoms with Crippen molar-refractivity contribution in [3.63, 3.8) is 0 Å². The van der Waals surface area contributed by atoms with Crippen molar-refractivity contribution in [3.8, 4) is 0 Å². The highest BCUT2D eigenvalue weighted by Gasteiger charge is 2.36. The lowest BCUT2D eigenvalue weighted by atomic mass is 9.90. The first kappa shape index (κ1) is 14.2. The van der Waals surface area contributed by atoms with Crippen LogP contribution in [-0.2, 0) is 4.79 Å². The zero-order valence-electron chi connectivity index (χ0n) is 10.3. The van der Waals surface area contributed by atoms with E-state index in [4.69, 9.17) is 5.11 Å². The normalized spacial score (nSPS) is 16.4. The Hall–Kier alpha value is -1.17. The standard InChI is InChI=1S/C13H13F3O2S/c1-19-13-9(14)4-8(11(15)12(13)16)7(5-10(17)18)6-2-3-6/h4,6-7H,2-3,5H2,1H3,(H,17,18). The fourth-order valence-corrected chi connectivity index (χ4v) is 2.79. The minimum absolute atomic E-state index is 0.00419. The van der Waals surface area contributed by atoms with Crippen molar-refractivity contribution in [2.45, 2.75) is 30.1 Å². The smallest absolute Gasteiger partial charge is 0.303 e. The molecule has 0 amide bonds. The molecule has 1 aliphatic carbocycles. The monoisotopic (exact) mass is 290 g/mol. The van der Waals surface area contributed by atoms with Crippen molar-refractivity contribution in [1.82, 2.24) is 0 Å². The fraction of sp³-hybridized carbons (Fsp3) is 0.462. The van der Waals surface area contributed by atoms with E-state index in [2.05, 4.69) is 0 Å². The molecule has 1 saturated carbocycles. The summed E-state index contributed by atoms with van der Waals surface area (Å²) in [5, 5.41) is 8.84. The van der Waals surface area contributed by atoms with Crippen molar-refractivity contribution in [1.29, 1.82) is 0 Å². The molecule has 0 bridgehead atoms. The van der Waals surface area contributed by atoms with E-state index in [-0.39, 0.29) is 22.8 Å². The molecule has 1 aliphatic rings. The number of carboxylic acids is 1. The molecule has 6 heteroatoms. The number of benzene rings is 1. The Balaban J connectivity index is 2.45. The van der Waals surface area contributed by atoms with Gasteiger partial charge in [0.05, 0.1) is 11.3 Å². The van der Waals surface area contributed by atoms with E-state index in [0.29, 0.717) is 0 Å². The Labute approximate surface area is 113 Å². The van der Waals surface area contributed by atoms with Crippen LogP contribution in [0.25, 0.3) is 0 Å². The lowest BCUT2D eigenvalue weighted by molar-refractivity contribution is -0.137. The minimum atomic E-state index is -1.22. The maximum atomic E-state index is 14.0. The summed E-state index contributed by atoms with van der Waals surface area (Å²) in [6.45, 7) is 0. The zero-order chi connectivity index (χ0) is 14.2. The maximum Gasteiger partial charge on any atom is 0.303 e. The van der Waals surface area contributed by atoms with Crippen LogP contribution in [0, 0.1) is 23.4 Å². The van der Waals surface area contributed by atoms with Crippen molar-refractivity contribution >= 4 is 17.7 Å². The molecule has 0 spiro atoms. The molecule has 0 aromatic heterocycles. The molecule has 19 heavy (non-hydrogen) atoms. The van der Waals surface area contributed by atoms with Crippen LogP contribution in [0.1, 0.15) is 30.7 Å². The third-order valence-corrected chi connectivity index (χ3v) is 4.12. The van der Waals surface area contributed by atoms with Crippen LogP contribution in [0.4, 0.5) is 13.2 Å². The number of hydrogen-bond acceptors (Lipinski definition) is 2. The number of carbonyl (C=O) groups is 1. The number of carboxylic acid groups (broad SMARTS) is 1. The van der Waals surface area contributed by atoms with Gasteiger partial charge in [-0.2, -0.15) is 0 Å². The highest BCUT2D eigenvalue weighted by atomic mass is 32.2.